The molecule has 2 aliphatic heterocycles. The summed E-state index contributed by atoms with van der Waals surface area (Å²) >= 11 is 0. The fourth-order valence-corrected chi connectivity index (χ4v) is 6.30. The molecule has 2 heterocycles. The van der Waals surface area contributed by atoms with E-state index < -0.39 is 29.1 Å². The molecule has 1 atom stereocenters. The van der Waals surface area contributed by atoms with E-state index in [0.717, 1.165) is 29.4 Å². The summed E-state index contributed by atoms with van der Waals surface area (Å²) in [5.41, 5.74) is -1.42. The van der Waals surface area contributed by atoms with E-state index in [0.29, 0.717) is 65.0 Å². The molecular formula is C31H45N4O6+. The number of benzene rings is 1. The molecule has 224 valence electrons. The number of hydrogen-bond donors (Lipinski definition) is 1. The predicted molar refractivity (Wildman–Crippen MR) is 151 cm³/mol. The number of piperazine rings is 1. The summed E-state index contributed by atoms with van der Waals surface area (Å²) in [6.07, 6.45) is 6.68. The monoisotopic (exact) mass is 569 g/mol. The maximum absolute atomic E-state index is 14.5. The van der Waals surface area contributed by atoms with Crippen LogP contribution in [0.25, 0.3) is 0 Å². The van der Waals surface area contributed by atoms with Gasteiger partial charge in [0.25, 0.3) is 5.54 Å². The highest BCUT2D eigenvalue weighted by Gasteiger charge is 2.62. The lowest BCUT2D eigenvalue weighted by atomic mass is 9.72. The van der Waals surface area contributed by atoms with Gasteiger partial charge in [-0.1, -0.05) is 54.2 Å². The first kappa shape index (κ1) is 30.9. The maximum atomic E-state index is 14.5. The van der Waals surface area contributed by atoms with Gasteiger partial charge in [0, 0.05) is 45.2 Å². The molecule has 0 aromatic heterocycles. The molecule has 1 N–H and O–H groups in total. The Balaban J connectivity index is 1.72. The Morgan fingerprint density at radius 1 is 0.951 bits per heavy atom. The minimum absolute atomic E-state index is 0.115. The minimum Gasteiger partial charge on any atom is -0.444 e. The van der Waals surface area contributed by atoms with Crippen molar-refractivity contribution in [3.8, 4) is 0 Å². The summed E-state index contributed by atoms with van der Waals surface area (Å²) in [6, 6.07) is 9.45. The second-order valence-electron chi connectivity index (χ2n) is 12.5. The van der Waals surface area contributed by atoms with E-state index >= 15 is 0 Å². The number of nitrogens with one attached hydrogen (secondary N) is 1. The molecule has 3 fully saturated rings. The summed E-state index contributed by atoms with van der Waals surface area (Å²) in [4.78, 5) is 61.9. The van der Waals surface area contributed by atoms with Crippen molar-refractivity contribution in [2.75, 3.05) is 39.3 Å². The molecule has 0 bridgehead atoms. The van der Waals surface area contributed by atoms with Gasteiger partial charge in [0.15, 0.2) is 0 Å². The molecule has 1 aromatic rings. The van der Waals surface area contributed by atoms with Crippen molar-refractivity contribution in [3.05, 3.63) is 35.9 Å². The lowest BCUT2D eigenvalue weighted by molar-refractivity contribution is -0.536. The zero-order valence-electron chi connectivity index (χ0n) is 24.7. The number of hydroxylamine groups is 2. The summed E-state index contributed by atoms with van der Waals surface area (Å²) in [6.45, 7) is 8.48. The van der Waals surface area contributed by atoms with E-state index in [2.05, 4.69) is 5.32 Å². The second-order valence-corrected chi connectivity index (χ2v) is 12.5. The predicted octanol–water partition coefficient (Wildman–Crippen LogP) is 3.43. The van der Waals surface area contributed by atoms with E-state index in [9.17, 15) is 19.2 Å². The highest BCUT2D eigenvalue weighted by atomic mass is 16.7. The number of hydrogen-bond acceptors (Lipinski definition) is 8. The Kier molecular flexibility index (Phi) is 10.3. The van der Waals surface area contributed by atoms with E-state index in [1.165, 1.54) is 0 Å². The molecule has 4 rings (SSSR count). The van der Waals surface area contributed by atoms with Gasteiger partial charge < -0.3 is 19.8 Å². The van der Waals surface area contributed by atoms with Gasteiger partial charge in [0.1, 0.15) is 5.60 Å². The number of piperidine rings is 1. The van der Waals surface area contributed by atoms with Crippen molar-refractivity contribution >= 4 is 24.0 Å². The maximum Gasteiger partial charge on any atom is 0.434 e. The third-order valence-corrected chi connectivity index (χ3v) is 8.45. The first-order valence-electron chi connectivity index (χ1n) is 15.1. The summed E-state index contributed by atoms with van der Waals surface area (Å²) in [7, 11) is 0. The molecule has 0 radical (unpaired) electrons. The number of carbonyl (C=O) groups excluding carboxylic acids is 4. The molecule has 10 heteroatoms. The van der Waals surface area contributed by atoms with Crippen molar-refractivity contribution in [3.63, 3.8) is 0 Å². The van der Waals surface area contributed by atoms with Crippen LogP contribution < -0.4 is 5.32 Å². The van der Waals surface area contributed by atoms with Gasteiger partial charge in [-0.15, -0.1) is 5.06 Å². The van der Waals surface area contributed by atoms with Gasteiger partial charge >= 0.3 is 24.0 Å². The summed E-state index contributed by atoms with van der Waals surface area (Å²) < 4.78 is 6.65. The third kappa shape index (κ3) is 7.61. The topological polar surface area (TPSA) is 108 Å². The normalized spacial score (nSPS) is 20.9. The van der Waals surface area contributed by atoms with Gasteiger partial charge in [-0.05, 0) is 52.0 Å². The lowest BCUT2D eigenvalue weighted by Gasteiger charge is -2.40. The van der Waals surface area contributed by atoms with Crippen molar-refractivity contribution in [2.45, 2.75) is 83.3 Å². The van der Waals surface area contributed by atoms with Crippen LogP contribution in [0.15, 0.2) is 30.3 Å². The van der Waals surface area contributed by atoms with Crippen LogP contribution in [0, 0.1) is 11.8 Å². The Bertz CT molecular complexity index is 1110. The Morgan fingerprint density at radius 2 is 1.59 bits per heavy atom. The van der Waals surface area contributed by atoms with Crippen LogP contribution in [-0.2, 0) is 30.4 Å². The lowest BCUT2D eigenvalue weighted by Crippen LogP contribution is -2.63. The van der Waals surface area contributed by atoms with Crippen LogP contribution in [0.3, 0.4) is 0 Å². The minimum atomic E-state index is -1.61. The molecule has 2 saturated heterocycles. The molecule has 1 saturated carbocycles. The highest BCUT2D eigenvalue weighted by Crippen LogP contribution is 2.38. The average Bonchev–Trinajstić information content (AvgIpc) is 2.97. The zero-order valence-corrected chi connectivity index (χ0v) is 24.7. The molecule has 1 aliphatic carbocycles. The number of likely N-dealkylation sites (tertiary alicyclic amines) is 1. The molecule has 2 amide bonds. The molecular weight excluding hydrogens is 524 g/mol. The van der Waals surface area contributed by atoms with Gasteiger partial charge in [-0.25, -0.2) is 14.4 Å². The highest BCUT2D eigenvalue weighted by molar-refractivity contribution is 5.84. The van der Waals surface area contributed by atoms with Gasteiger partial charge in [0.2, 0.25) is 0 Å². The van der Waals surface area contributed by atoms with Crippen molar-refractivity contribution in [1.82, 2.24) is 15.3 Å². The van der Waals surface area contributed by atoms with E-state index in [4.69, 9.17) is 9.57 Å². The van der Waals surface area contributed by atoms with Gasteiger partial charge in [-0.2, -0.15) is 4.79 Å². The van der Waals surface area contributed by atoms with Crippen LogP contribution in [0.4, 0.5) is 4.79 Å². The van der Waals surface area contributed by atoms with Crippen molar-refractivity contribution < 1.29 is 33.3 Å². The quantitative estimate of drug-likeness (QED) is 0.302. The molecule has 1 aromatic carbocycles. The Labute approximate surface area is 243 Å². The van der Waals surface area contributed by atoms with Gasteiger partial charge in [0.05, 0.1) is 12.3 Å². The van der Waals surface area contributed by atoms with Crippen molar-refractivity contribution in [2.24, 2.45) is 11.8 Å². The summed E-state index contributed by atoms with van der Waals surface area (Å²) in [5.74, 6) is -1.76. The number of amides is 2. The van der Waals surface area contributed by atoms with Crippen LogP contribution in [0.2, 0.25) is 0 Å². The Morgan fingerprint density at radius 3 is 2.17 bits per heavy atom. The number of nitrogens with zero attached hydrogens (tertiary/aromatic N) is 3. The third-order valence-electron chi connectivity index (χ3n) is 8.45. The SMILES string of the molecule is CC(C)(C)OC(=O)N1CCC(C(Cc2ccccc2)(C(=O)ON2CCNCC2)[N+](=C=O)C(=O)C2CCCCC2)CC1. The summed E-state index contributed by atoms with van der Waals surface area (Å²) in [5, 5.41) is 4.86. The fourth-order valence-electron chi connectivity index (χ4n) is 6.30. The number of isocyanates is 1. The fraction of sp³-hybridized carbons (Fsp3) is 0.677. The van der Waals surface area contributed by atoms with Gasteiger partial charge in [-0.3, -0.25) is 0 Å². The number of rotatable bonds is 7. The zero-order chi connectivity index (χ0) is 29.5. The second kappa shape index (κ2) is 13.7. The molecule has 0 spiro atoms. The van der Waals surface area contributed by atoms with Crippen LogP contribution in [0.1, 0.15) is 71.3 Å². The largest absolute Gasteiger partial charge is 0.444 e. The van der Waals surface area contributed by atoms with E-state index in [-0.39, 0.29) is 18.2 Å². The van der Waals surface area contributed by atoms with Crippen molar-refractivity contribution in [1.29, 1.82) is 0 Å². The average molecular weight is 570 g/mol. The number of ether oxygens (including phenoxy) is 1. The molecule has 41 heavy (non-hydrogen) atoms. The standard InChI is InChI=1S/C31H45N4O6/c1-30(2,3)40-29(39)33-18-14-26(15-19-33)31(22-24-10-6-4-7-11-24,28(38)41-34-20-16-32-17-21-34)35(23-36)27(37)25-12-8-5-9-13-25/h4,6-7,10-11,25-26,32H,5,8-9,12-22H2,1-3H3/q+1. The van der Waals surface area contributed by atoms with E-state index in [1.807, 2.05) is 57.2 Å². The molecule has 1 unspecified atom stereocenters. The first-order valence-corrected chi connectivity index (χ1v) is 15.1. The molecule has 3 aliphatic rings. The van der Waals surface area contributed by atoms with Crippen LogP contribution in [0.5, 0.6) is 0 Å². The van der Waals surface area contributed by atoms with Crippen LogP contribution in [-0.4, -0.2) is 89.0 Å². The Hall–Kier alpha value is -3.07. The number of carbonyl (C=O) groups is 3. The smallest absolute Gasteiger partial charge is 0.434 e. The van der Waals surface area contributed by atoms with E-state index in [1.54, 1.807) is 9.96 Å². The molecule has 10 nitrogen and oxygen atoms in total. The van der Waals surface area contributed by atoms with Crippen LogP contribution >= 0.6 is 0 Å². The first-order chi connectivity index (χ1) is 19.6.